The molecule has 0 aliphatic carbocycles. The molecule has 0 aromatic heterocycles. The fraction of sp³-hybridized carbons (Fsp3) is 0.500. The number of ether oxygens (including phenoxy) is 1. The van der Waals surface area contributed by atoms with Crippen LogP contribution in [0, 0.1) is 0 Å². The Balaban J connectivity index is 0. The minimum absolute atomic E-state index is 0. The Morgan fingerprint density at radius 2 is 1.77 bits per heavy atom. The predicted octanol–water partition coefficient (Wildman–Crippen LogP) is 2.97. The molecule has 0 saturated carbocycles. The average Bonchev–Trinajstić information content (AvgIpc) is 2.00. The second kappa shape index (κ2) is 7.55. The van der Waals surface area contributed by atoms with Gasteiger partial charge in [-0.05, 0) is 27.2 Å². The molecule has 0 aromatic rings. The number of carbonyl (C=O) groups excluding carboxylic acids is 1. The van der Waals surface area contributed by atoms with E-state index in [0.29, 0.717) is 0 Å². The van der Waals surface area contributed by atoms with Crippen molar-refractivity contribution in [3.8, 4) is 0 Å². The maximum atomic E-state index is 9.59. The van der Waals surface area contributed by atoms with Crippen LogP contribution in [0.1, 0.15) is 34.1 Å². The molecule has 0 radical (unpaired) electrons. The highest BCUT2D eigenvalue weighted by Gasteiger charge is 1.99. The van der Waals surface area contributed by atoms with Crippen LogP contribution in [-0.4, -0.2) is 5.97 Å². The summed E-state index contributed by atoms with van der Waals surface area (Å²) in [5.41, 5.74) is 2.97. The molecule has 3 nitrogen and oxygen atoms in total. The number of carbonyl (C=O) groups is 1. The van der Waals surface area contributed by atoms with Gasteiger partial charge in [0.05, 0.1) is 6.08 Å². The number of hydrogen-bond donors (Lipinski definition) is 1. The molecule has 1 rings (SSSR count). The van der Waals surface area contributed by atoms with E-state index in [1.54, 1.807) is 0 Å². The summed E-state index contributed by atoms with van der Waals surface area (Å²) in [5.74, 6) is -0.245. The topological polar surface area (TPSA) is 61.3 Å². The van der Waals surface area contributed by atoms with Crippen molar-refractivity contribution < 1.29 is 9.53 Å². The summed E-state index contributed by atoms with van der Waals surface area (Å²) >= 11 is 0. The van der Waals surface area contributed by atoms with E-state index in [0.717, 1.165) is 0 Å². The number of esters is 1. The van der Waals surface area contributed by atoms with E-state index >= 15 is 0 Å². The van der Waals surface area contributed by atoms with Crippen LogP contribution in [0.3, 0.4) is 0 Å². The van der Waals surface area contributed by atoms with E-state index in [1.165, 1.54) is 29.9 Å². The van der Waals surface area contributed by atoms with Crippen LogP contribution < -0.4 is 6.15 Å². The molecule has 0 spiro atoms. The lowest BCUT2D eigenvalue weighted by Crippen LogP contribution is -2.01. The zero-order valence-corrected chi connectivity index (χ0v) is 8.89. The van der Waals surface area contributed by atoms with Crippen LogP contribution >= 0.6 is 0 Å². The van der Waals surface area contributed by atoms with Crippen molar-refractivity contribution in [1.82, 2.24) is 6.15 Å². The van der Waals surface area contributed by atoms with Crippen molar-refractivity contribution in [2.45, 2.75) is 34.1 Å². The lowest BCUT2D eigenvalue weighted by molar-refractivity contribution is -0.136. The maximum Gasteiger partial charge on any atom is 0.338 e. The summed E-state index contributed by atoms with van der Waals surface area (Å²) in [4.78, 5) is 9.59. The molecule has 0 saturated heterocycles. The average molecular weight is 185 g/mol. The third-order valence-corrected chi connectivity index (χ3v) is 1.77. The van der Waals surface area contributed by atoms with Crippen molar-refractivity contribution >= 4 is 5.97 Å². The predicted molar refractivity (Wildman–Crippen MR) is 54.6 cm³/mol. The summed E-state index contributed by atoms with van der Waals surface area (Å²) in [6.07, 6.45) is 3.91. The summed E-state index contributed by atoms with van der Waals surface area (Å²) in [6.45, 7) is 8.66. The number of rotatable bonds is 1. The number of allylic oxidation sites excluding steroid dienone is 2. The molecule has 13 heavy (non-hydrogen) atoms. The number of hydrogen-bond acceptors (Lipinski definition) is 3. The van der Waals surface area contributed by atoms with Gasteiger partial charge in [-0.15, -0.1) is 0 Å². The summed E-state index contributed by atoms with van der Waals surface area (Å²) < 4.78 is 4.11. The Kier molecular flexibility index (Phi) is 8.39. The lowest BCUT2D eigenvalue weighted by atomic mass is 10.1. The molecule has 3 N–H and O–H groups in total. The first-order chi connectivity index (χ1) is 5.57. The van der Waals surface area contributed by atoms with E-state index in [4.69, 9.17) is 0 Å². The smallest absolute Gasteiger partial charge is 0.338 e. The van der Waals surface area contributed by atoms with Crippen LogP contribution in [0.5, 0.6) is 0 Å². The third kappa shape index (κ3) is 7.28. The van der Waals surface area contributed by atoms with Gasteiger partial charge in [-0.3, -0.25) is 0 Å². The Labute approximate surface area is 80.1 Å². The van der Waals surface area contributed by atoms with Gasteiger partial charge in [-0.25, -0.2) is 4.79 Å². The molecular weight excluding hydrogens is 166 g/mol. The van der Waals surface area contributed by atoms with Gasteiger partial charge in [0.15, 0.2) is 0 Å². The van der Waals surface area contributed by atoms with Gasteiger partial charge in [0, 0.05) is 0 Å². The maximum absolute atomic E-state index is 9.59. The second-order valence-electron chi connectivity index (χ2n) is 2.87. The molecule has 0 aromatic carbocycles. The summed E-state index contributed by atoms with van der Waals surface area (Å²) in [7, 11) is 0. The zero-order valence-electron chi connectivity index (χ0n) is 8.89. The zero-order chi connectivity index (χ0) is 9.56. The Morgan fingerprint density at radius 3 is 1.77 bits per heavy atom. The van der Waals surface area contributed by atoms with E-state index in [9.17, 15) is 4.79 Å². The second-order valence-corrected chi connectivity index (χ2v) is 2.87. The highest BCUT2D eigenvalue weighted by Crippen LogP contribution is 2.04. The Bertz CT molecular complexity index is 213. The fourth-order valence-corrected chi connectivity index (χ4v) is 0.477. The quantitative estimate of drug-likeness (QED) is 0.504. The first kappa shape index (κ1) is 14.4. The van der Waals surface area contributed by atoms with E-state index in [-0.39, 0.29) is 12.1 Å². The summed E-state index contributed by atoms with van der Waals surface area (Å²) in [6, 6.07) is 0. The van der Waals surface area contributed by atoms with Gasteiger partial charge in [0.25, 0.3) is 0 Å². The third-order valence-electron chi connectivity index (χ3n) is 1.77. The van der Waals surface area contributed by atoms with Crippen LogP contribution in [0.15, 0.2) is 23.5 Å². The van der Waals surface area contributed by atoms with E-state index in [1.807, 2.05) is 0 Å². The first-order valence-corrected chi connectivity index (χ1v) is 4.08. The molecule has 3 heteroatoms. The van der Waals surface area contributed by atoms with Crippen LogP contribution in [0.2, 0.25) is 0 Å². The standard InChI is InChI=1S/C7H14.C3H2O2.H3N/c1-5-7(4)6(2)3;4-3-1-2-5-3;/h5H2,1-4H3;1-2H;1H3. The Hall–Kier alpha value is -1.09. The van der Waals surface area contributed by atoms with Gasteiger partial charge in [-0.2, -0.15) is 0 Å². The minimum atomic E-state index is -0.245. The van der Waals surface area contributed by atoms with Gasteiger partial charge in [0.1, 0.15) is 6.26 Å². The molecule has 0 atom stereocenters. The SMILES string of the molecule is CCC(C)=C(C)C.N.O=C1C=CO1. The van der Waals surface area contributed by atoms with Crippen LogP contribution in [0.25, 0.3) is 0 Å². The minimum Gasteiger partial charge on any atom is -0.431 e. The Morgan fingerprint density at radius 1 is 1.38 bits per heavy atom. The lowest BCUT2D eigenvalue weighted by Gasteiger charge is -1.96. The van der Waals surface area contributed by atoms with Crippen LogP contribution in [0.4, 0.5) is 0 Å². The molecular formula is C10H19NO2. The normalized spacial score (nSPS) is 11.2. The van der Waals surface area contributed by atoms with Gasteiger partial charge in [-0.1, -0.05) is 18.1 Å². The molecule has 0 unspecified atom stereocenters. The highest BCUT2D eigenvalue weighted by molar-refractivity contribution is 5.86. The molecule has 76 valence electrons. The molecule has 0 amide bonds. The van der Waals surface area contributed by atoms with Crippen molar-refractivity contribution in [3.63, 3.8) is 0 Å². The van der Waals surface area contributed by atoms with E-state index in [2.05, 4.69) is 32.4 Å². The largest absolute Gasteiger partial charge is 0.431 e. The fourth-order valence-electron chi connectivity index (χ4n) is 0.477. The molecule has 1 heterocycles. The van der Waals surface area contributed by atoms with E-state index < -0.39 is 0 Å². The number of cyclic esters (lactones) is 1. The van der Waals surface area contributed by atoms with Crippen molar-refractivity contribution in [2.75, 3.05) is 0 Å². The molecule has 0 fully saturated rings. The van der Waals surface area contributed by atoms with Crippen molar-refractivity contribution in [2.24, 2.45) is 0 Å². The summed E-state index contributed by atoms with van der Waals surface area (Å²) in [5, 5.41) is 0. The van der Waals surface area contributed by atoms with Crippen LogP contribution in [-0.2, 0) is 9.53 Å². The van der Waals surface area contributed by atoms with Gasteiger partial charge >= 0.3 is 5.97 Å². The van der Waals surface area contributed by atoms with Gasteiger partial charge < -0.3 is 10.9 Å². The first-order valence-electron chi connectivity index (χ1n) is 4.08. The monoisotopic (exact) mass is 185 g/mol. The van der Waals surface area contributed by atoms with Crippen molar-refractivity contribution in [1.29, 1.82) is 0 Å². The van der Waals surface area contributed by atoms with Gasteiger partial charge in [0.2, 0.25) is 0 Å². The molecule has 1 aliphatic rings. The molecule has 1 aliphatic heterocycles. The molecule has 0 bridgehead atoms. The highest BCUT2D eigenvalue weighted by atomic mass is 16.5. The van der Waals surface area contributed by atoms with Crippen molar-refractivity contribution in [3.05, 3.63) is 23.5 Å².